The van der Waals surface area contributed by atoms with Crippen LogP contribution >= 0.6 is 0 Å². The molecule has 3 amide bonds. The molecule has 0 unspecified atom stereocenters. The molecule has 0 aromatic rings. The van der Waals surface area contributed by atoms with E-state index in [0.29, 0.717) is 0 Å². The number of carboxylic acid groups (broad SMARTS) is 1. The lowest BCUT2D eigenvalue weighted by Crippen LogP contribution is -2.47. The Hall–Kier alpha value is -2.10. The number of imide groups is 1. The number of rotatable bonds is 7. The Balaban J connectivity index is 4.58. The van der Waals surface area contributed by atoms with Crippen LogP contribution in [0, 0.1) is 16.7 Å². The van der Waals surface area contributed by atoms with Crippen LogP contribution in [0.5, 0.6) is 0 Å². The Kier molecular flexibility index (Phi) is 7.42. The second-order valence-electron chi connectivity index (χ2n) is 5.96. The van der Waals surface area contributed by atoms with Crippen LogP contribution in [0.3, 0.4) is 0 Å². The van der Waals surface area contributed by atoms with Crippen molar-refractivity contribution in [1.82, 2.24) is 10.2 Å². The maximum Gasteiger partial charge on any atom is 0.324 e. The predicted octanol–water partition coefficient (Wildman–Crippen LogP) is 1.74. The SMILES string of the molecule is CC(C)N(CCC#N)C(=O)NC(=O)CC(C)(C)CC(=O)O. The Morgan fingerprint density at radius 3 is 2.29 bits per heavy atom. The summed E-state index contributed by atoms with van der Waals surface area (Å²) in [6.07, 6.45) is -0.0313. The highest BCUT2D eigenvalue weighted by atomic mass is 16.4. The van der Waals surface area contributed by atoms with Crippen molar-refractivity contribution in [3.63, 3.8) is 0 Å². The molecule has 0 aliphatic rings. The molecule has 0 aromatic heterocycles. The number of nitrogens with one attached hydrogen (secondary N) is 1. The largest absolute Gasteiger partial charge is 0.481 e. The maximum atomic E-state index is 12.0. The molecule has 7 heteroatoms. The van der Waals surface area contributed by atoms with Crippen LogP contribution in [-0.4, -0.2) is 40.5 Å². The number of amides is 3. The second-order valence-corrected chi connectivity index (χ2v) is 5.96. The number of hydrogen-bond acceptors (Lipinski definition) is 4. The van der Waals surface area contributed by atoms with Gasteiger partial charge in [-0.2, -0.15) is 5.26 Å². The van der Waals surface area contributed by atoms with Crippen LogP contribution in [0.25, 0.3) is 0 Å². The van der Waals surface area contributed by atoms with E-state index in [9.17, 15) is 14.4 Å². The highest BCUT2D eigenvalue weighted by Gasteiger charge is 2.27. The van der Waals surface area contributed by atoms with Crippen molar-refractivity contribution in [3.8, 4) is 6.07 Å². The number of nitrogens with zero attached hydrogens (tertiary/aromatic N) is 2. The zero-order valence-electron chi connectivity index (χ0n) is 13.0. The summed E-state index contributed by atoms with van der Waals surface area (Å²) in [5, 5.41) is 19.6. The molecule has 0 aliphatic carbocycles. The fourth-order valence-corrected chi connectivity index (χ4v) is 1.91. The van der Waals surface area contributed by atoms with Crippen molar-refractivity contribution < 1.29 is 19.5 Å². The Bertz CT molecular complexity index is 438. The Morgan fingerprint density at radius 1 is 1.29 bits per heavy atom. The molecule has 0 heterocycles. The summed E-state index contributed by atoms with van der Waals surface area (Å²) in [4.78, 5) is 35.9. The molecule has 0 rings (SSSR count). The van der Waals surface area contributed by atoms with Gasteiger partial charge < -0.3 is 10.0 Å². The molecule has 21 heavy (non-hydrogen) atoms. The minimum absolute atomic E-state index is 0.0603. The number of nitriles is 1. The van der Waals surface area contributed by atoms with Gasteiger partial charge in [-0.05, 0) is 19.3 Å². The topological polar surface area (TPSA) is 111 Å². The van der Waals surface area contributed by atoms with Crippen molar-refractivity contribution in [2.24, 2.45) is 5.41 Å². The zero-order chi connectivity index (χ0) is 16.6. The molecule has 0 aliphatic heterocycles. The number of carboxylic acids is 1. The van der Waals surface area contributed by atoms with E-state index >= 15 is 0 Å². The molecule has 0 saturated carbocycles. The number of hydrogen-bond donors (Lipinski definition) is 2. The molecule has 0 saturated heterocycles. The highest BCUT2D eigenvalue weighted by Crippen LogP contribution is 2.24. The maximum absolute atomic E-state index is 12.0. The third-order valence-electron chi connectivity index (χ3n) is 2.86. The van der Waals surface area contributed by atoms with Crippen LogP contribution < -0.4 is 5.32 Å². The van der Waals surface area contributed by atoms with Crippen LogP contribution in [0.2, 0.25) is 0 Å². The van der Waals surface area contributed by atoms with Gasteiger partial charge in [-0.1, -0.05) is 13.8 Å². The van der Waals surface area contributed by atoms with Gasteiger partial charge in [0.05, 0.1) is 18.9 Å². The van der Waals surface area contributed by atoms with E-state index in [1.54, 1.807) is 27.7 Å². The minimum atomic E-state index is -0.989. The molecule has 118 valence electrons. The monoisotopic (exact) mass is 297 g/mol. The van der Waals surface area contributed by atoms with Crippen LogP contribution in [-0.2, 0) is 9.59 Å². The molecule has 7 nitrogen and oxygen atoms in total. The summed E-state index contributed by atoms with van der Waals surface area (Å²) in [6, 6.07) is 1.25. The van der Waals surface area contributed by atoms with Gasteiger partial charge in [0.1, 0.15) is 0 Å². The Labute approximate surface area is 124 Å². The molecule has 0 aromatic carbocycles. The third-order valence-corrected chi connectivity index (χ3v) is 2.86. The first-order chi connectivity index (χ1) is 9.59. The predicted molar refractivity (Wildman–Crippen MR) is 76.3 cm³/mol. The van der Waals surface area contributed by atoms with Crippen LogP contribution in [0.15, 0.2) is 0 Å². The molecule has 0 atom stereocenters. The number of carbonyl (C=O) groups excluding carboxylic acids is 2. The first-order valence-electron chi connectivity index (χ1n) is 6.78. The van der Waals surface area contributed by atoms with Gasteiger partial charge in [0.25, 0.3) is 0 Å². The van der Waals surface area contributed by atoms with Crippen molar-refractivity contribution in [2.75, 3.05) is 6.54 Å². The van der Waals surface area contributed by atoms with E-state index in [-0.39, 0.29) is 31.8 Å². The summed E-state index contributed by atoms with van der Waals surface area (Å²) in [5.74, 6) is -1.51. The van der Waals surface area contributed by atoms with Crippen molar-refractivity contribution >= 4 is 17.9 Å². The Morgan fingerprint density at radius 2 is 1.86 bits per heavy atom. The molecular formula is C14H23N3O4. The number of carbonyl (C=O) groups is 3. The quantitative estimate of drug-likeness (QED) is 0.743. The minimum Gasteiger partial charge on any atom is -0.481 e. The lowest BCUT2D eigenvalue weighted by Gasteiger charge is -2.27. The van der Waals surface area contributed by atoms with Crippen molar-refractivity contribution in [3.05, 3.63) is 0 Å². The number of urea groups is 1. The van der Waals surface area contributed by atoms with Gasteiger partial charge in [-0.15, -0.1) is 0 Å². The van der Waals surface area contributed by atoms with Gasteiger partial charge in [0.2, 0.25) is 5.91 Å². The van der Waals surface area contributed by atoms with E-state index in [2.05, 4.69) is 5.32 Å². The standard InChI is InChI=1S/C14H23N3O4/c1-10(2)17(7-5-6-15)13(21)16-11(18)8-14(3,4)9-12(19)20/h10H,5,7-9H2,1-4H3,(H,19,20)(H,16,18,21). The van der Waals surface area contributed by atoms with Gasteiger partial charge in [-0.25, -0.2) is 4.79 Å². The highest BCUT2D eigenvalue weighted by molar-refractivity contribution is 5.94. The first kappa shape index (κ1) is 18.9. The van der Waals surface area contributed by atoms with E-state index in [0.717, 1.165) is 0 Å². The zero-order valence-corrected chi connectivity index (χ0v) is 13.0. The van der Waals surface area contributed by atoms with Crippen molar-refractivity contribution in [1.29, 1.82) is 5.26 Å². The lowest BCUT2D eigenvalue weighted by atomic mass is 9.85. The molecule has 0 spiro atoms. The number of aliphatic carboxylic acids is 1. The summed E-state index contributed by atoms with van der Waals surface area (Å²) >= 11 is 0. The molecule has 0 bridgehead atoms. The van der Waals surface area contributed by atoms with E-state index in [1.165, 1.54) is 4.90 Å². The van der Waals surface area contributed by atoms with Crippen molar-refractivity contribution in [2.45, 2.75) is 53.0 Å². The average Bonchev–Trinajstić information content (AvgIpc) is 2.25. The van der Waals surface area contributed by atoms with Crippen LogP contribution in [0.1, 0.15) is 47.0 Å². The first-order valence-corrected chi connectivity index (χ1v) is 6.78. The second kappa shape index (κ2) is 8.25. The summed E-state index contributed by atoms with van der Waals surface area (Å²) in [5.41, 5.74) is -0.731. The lowest BCUT2D eigenvalue weighted by molar-refractivity contribution is -0.139. The van der Waals surface area contributed by atoms with E-state index in [1.807, 2.05) is 6.07 Å². The normalized spacial score (nSPS) is 10.9. The summed E-state index contributed by atoms with van der Waals surface area (Å²) < 4.78 is 0. The fraction of sp³-hybridized carbons (Fsp3) is 0.714. The molecule has 2 N–H and O–H groups in total. The van der Waals surface area contributed by atoms with Gasteiger partial charge in [-0.3, -0.25) is 14.9 Å². The fourth-order valence-electron chi connectivity index (χ4n) is 1.91. The molecule has 0 fully saturated rings. The van der Waals surface area contributed by atoms with Crippen LogP contribution in [0.4, 0.5) is 4.79 Å². The van der Waals surface area contributed by atoms with Gasteiger partial charge >= 0.3 is 12.0 Å². The molecular weight excluding hydrogens is 274 g/mol. The van der Waals surface area contributed by atoms with Gasteiger partial charge in [0, 0.05) is 19.0 Å². The summed E-state index contributed by atoms with van der Waals surface area (Å²) in [6.45, 7) is 7.12. The average molecular weight is 297 g/mol. The van der Waals surface area contributed by atoms with E-state index < -0.39 is 23.3 Å². The van der Waals surface area contributed by atoms with Gasteiger partial charge in [0.15, 0.2) is 0 Å². The van der Waals surface area contributed by atoms with E-state index in [4.69, 9.17) is 10.4 Å². The smallest absolute Gasteiger partial charge is 0.324 e. The summed E-state index contributed by atoms with van der Waals surface area (Å²) in [7, 11) is 0. The molecule has 0 radical (unpaired) electrons. The third kappa shape index (κ3) is 7.92.